The molecule has 6 heteroatoms. The molecule has 0 saturated heterocycles. The summed E-state index contributed by atoms with van der Waals surface area (Å²) in [5.41, 5.74) is 1.05. The second-order valence-corrected chi connectivity index (χ2v) is 6.86. The Morgan fingerprint density at radius 1 is 0.821 bits per heavy atom. The number of fused-ring (bicyclic) bond motifs is 1. The Kier molecular flexibility index (Phi) is 5.34. The molecule has 3 rings (SSSR count). The maximum absolute atomic E-state index is 13.3. The number of halogens is 6. The number of hydrogen-bond donors (Lipinski definition) is 0. The lowest BCUT2D eigenvalue weighted by molar-refractivity contribution is -0.143. The van der Waals surface area contributed by atoms with E-state index in [1.807, 2.05) is 32.4 Å². The van der Waals surface area contributed by atoms with E-state index < -0.39 is 23.5 Å². The third kappa shape index (κ3) is 3.96. The van der Waals surface area contributed by atoms with E-state index in [2.05, 4.69) is 0 Å². The summed E-state index contributed by atoms with van der Waals surface area (Å²) in [5.74, 6) is 0. The standard InChI is InChI=1S/C22H19F6/c1-3-5-13-8-15-7-6-14(4-2)20(19(15)9-13)16-10-17(21(23,24)25)12-18(11-16)22(26,27)28/h6-12H,3-5H2,1-2H3. The van der Waals surface area contributed by atoms with Crippen molar-refractivity contribution in [3.05, 3.63) is 70.1 Å². The molecule has 0 unspecified atom stereocenters. The molecule has 0 spiro atoms. The van der Waals surface area contributed by atoms with Crippen molar-refractivity contribution in [1.29, 1.82) is 0 Å². The van der Waals surface area contributed by atoms with Gasteiger partial charge in [-0.3, -0.25) is 0 Å². The lowest BCUT2D eigenvalue weighted by Gasteiger charge is -2.18. The highest BCUT2D eigenvalue weighted by Crippen LogP contribution is 2.43. The highest BCUT2D eigenvalue weighted by Gasteiger charge is 2.37. The zero-order valence-corrected chi connectivity index (χ0v) is 15.4. The van der Waals surface area contributed by atoms with E-state index in [-0.39, 0.29) is 11.6 Å². The number of alkyl halides is 6. The first kappa shape index (κ1) is 20.5. The minimum Gasteiger partial charge on any atom is -0.166 e. The van der Waals surface area contributed by atoms with E-state index in [9.17, 15) is 26.3 Å². The van der Waals surface area contributed by atoms with Gasteiger partial charge in [-0.2, -0.15) is 26.3 Å². The van der Waals surface area contributed by atoms with Crippen molar-refractivity contribution < 1.29 is 26.3 Å². The number of rotatable bonds is 4. The fourth-order valence-electron chi connectivity index (χ4n) is 3.56. The molecule has 149 valence electrons. The predicted octanol–water partition coefficient (Wildman–Crippen LogP) is 7.70. The van der Waals surface area contributed by atoms with Gasteiger partial charge in [0.05, 0.1) is 11.1 Å². The van der Waals surface area contributed by atoms with Crippen molar-refractivity contribution >= 4 is 6.08 Å². The summed E-state index contributed by atoms with van der Waals surface area (Å²) in [7, 11) is 0. The maximum atomic E-state index is 13.3. The van der Waals surface area contributed by atoms with Crippen LogP contribution in [-0.2, 0) is 18.8 Å². The molecule has 2 aromatic carbocycles. The number of allylic oxidation sites excluding steroid dienone is 1. The molecular formula is C22H19F6. The molecule has 0 aliphatic heterocycles. The van der Waals surface area contributed by atoms with Gasteiger partial charge in [0.2, 0.25) is 0 Å². The second-order valence-electron chi connectivity index (χ2n) is 6.86. The van der Waals surface area contributed by atoms with Gasteiger partial charge in [0, 0.05) is 6.42 Å². The van der Waals surface area contributed by atoms with E-state index in [1.165, 1.54) is 0 Å². The van der Waals surface area contributed by atoms with Crippen molar-refractivity contribution in [1.82, 2.24) is 0 Å². The van der Waals surface area contributed by atoms with Crippen LogP contribution in [0.5, 0.6) is 0 Å². The van der Waals surface area contributed by atoms with E-state index >= 15 is 0 Å². The molecule has 0 fully saturated rings. The molecule has 0 atom stereocenters. The smallest absolute Gasteiger partial charge is 0.166 e. The molecule has 0 bridgehead atoms. The zero-order valence-electron chi connectivity index (χ0n) is 15.4. The van der Waals surface area contributed by atoms with Gasteiger partial charge in [0.15, 0.2) is 0 Å². The van der Waals surface area contributed by atoms with E-state index in [4.69, 9.17) is 0 Å². The summed E-state index contributed by atoms with van der Waals surface area (Å²) < 4.78 is 79.7. The summed E-state index contributed by atoms with van der Waals surface area (Å²) in [6, 6.07) is 5.45. The topological polar surface area (TPSA) is 0 Å². The van der Waals surface area contributed by atoms with Crippen molar-refractivity contribution in [2.45, 2.75) is 45.5 Å². The Labute approximate surface area is 159 Å². The van der Waals surface area contributed by atoms with Gasteiger partial charge >= 0.3 is 12.4 Å². The van der Waals surface area contributed by atoms with Gasteiger partial charge in [-0.25, -0.2) is 0 Å². The van der Waals surface area contributed by atoms with Gasteiger partial charge in [0.25, 0.3) is 0 Å². The van der Waals surface area contributed by atoms with Crippen LogP contribution in [0.3, 0.4) is 0 Å². The molecule has 0 heterocycles. The van der Waals surface area contributed by atoms with Crippen LogP contribution in [0.1, 0.15) is 54.5 Å². The quantitative estimate of drug-likeness (QED) is 0.464. The summed E-state index contributed by atoms with van der Waals surface area (Å²) in [5, 5.41) is 0. The monoisotopic (exact) mass is 397 g/mol. The fourth-order valence-corrected chi connectivity index (χ4v) is 3.56. The van der Waals surface area contributed by atoms with Crippen LogP contribution in [0, 0.1) is 6.42 Å². The van der Waals surface area contributed by atoms with Gasteiger partial charge in [-0.05, 0) is 58.9 Å². The predicted molar refractivity (Wildman–Crippen MR) is 97.5 cm³/mol. The first-order valence-electron chi connectivity index (χ1n) is 9.05. The molecule has 0 N–H and O–H groups in total. The van der Waals surface area contributed by atoms with Crippen molar-refractivity contribution in [3.63, 3.8) is 0 Å². The van der Waals surface area contributed by atoms with Crippen LogP contribution in [0.25, 0.3) is 17.2 Å². The Morgan fingerprint density at radius 3 is 1.93 bits per heavy atom. The lowest BCUT2D eigenvalue weighted by Crippen LogP contribution is -2.11. The van der Waals surface area contributed by atoms with Gasteiger partial charge in [0.1, 0.15) is 0 Å². The number of hydrogen-bond acceptors (Lipinski definition) is 0. The molecule has 1 radical (unpaired) electrons. The van der Waals surface area contributed by atoms with Crippen LogP contribution >= 0.6 is 0 Å². The molecule has 1 aliphatic carbocycles. The van der Waals surface area contributed by atoms with E-state index in [0.717, 1.165) is 36.1 Å². The lowest BCUT2D eigenvalue weighted by atomic mass is 9.89. The Morgan fingerprint density at radius 2 is 1.43 bits per heavy atom. The Bertz CT molecular complexity index is 884. The third-order valence-corrected chi connectivity index (χ3v) is 4.83. The van der Waals surface area contributed by atoms with Crippen molar-refractivity contribution in [2.24, 2.45) is 0 Å². The van der Waals surface area contributed by atoms with Gasteiger partial charge < -0.3 is 0 Å². The van der Waals surface area contributed by atoms with Crippen molar-refractivity contribution in [3.8, 4) is 11.1 Å². The summed E-state index contributed by atoms with van der Waals surface area (Å²) in [6.07, 6.45) is -3.72. The molecule has 28 heavy (non-hydrogen) atoms. The SMILES string of the molecule is CCCC1=Cc2c(ccc(CC)c2-c2cc(C(F)(F)F)cc(C(F)(F)F)c2)[CH]1. The summed E-state index contributed by atoms with van der Waals surface area (Å²) in [6.45, 7) is 3.84. The molecule has 0 nitrogen and oxygen atoms in total. The molecule has 0 amide bonds. The van der Waals surface area contributed by atoms with Gasteiger partial charge in [-0.15, -0.1) is 0 Å². The van der Waals surface area contributed by atoms with Crippen molar-refractivity contribution in [2.75, 3.05) is 0 Å². The molecular weight excluding hydrogens is 378 g/mol. The van der Waals surface area contributed by atoms with E-state index in [0.29, 0.717) is 23.1 Å². The average Bonchev–Trinajstić information content (AvgIpc) is 3.01. The molecule has 2 aromatic rings. The van der Waals surface area contributed by atoms with Crippen LogP contribution in [-0.4, -0.2) is 0 Å². The second kappa shape index (κ2) is 7.30. The zero-order chi connectivity index (χ0) is 20.7. The van der Waals surface area contributed by atoms with Crippen LogP contribution in [0.15, 0.2) is 35.9 Å². The van der Waals surface area contributed by atoms with E-state index in [1.54, 1.807) is 6.07 Å². The fraction of sp³-hybridized carbons (Fsp3) is 0.318. The Hall–Kier alpha value is -2.24. The first-order valence-corrected chi connectivity index (χ1v) is 9.05. The number of benzene rings is 2. The van der Waals surface area contributed by atoms with Crippen LogP contribution in [0.2, 0.25) is 0 Å². The van der Waals surface area contributed by atoms with Crippen LogP contribution in [0.4, 0.5) is 26.3 Å². The third-order valence-electron chi connectivity index (χ3n) is 4.83. The summed E-state index contributed by atoms with van der Waals surface area (Å²) >= 11 is 0. The number of aryl methyl sites for hydroxylation is 1. The molecule has 0 aromatic heterocycles. The molecule has 1 aliphatic rings. The maximum Gasteiger partial charge on any atom is 0.416 e. The average molecular weight is 397 g/mol. The minimum absolute atomic E-state index is 0.0572. The Balaban J connectivity index is 2.28. The first-order chi connectivity index (χ1) is 13.0. The summed E-state index contributed by atoms with van der Waals surface area (Å²) in [4.78, 5) is 0. The minimum atomic E-state index is -4.87. The normalized spacial score (nSPS) is 14.2. The largest absolute Gasteiger partial charge is 0.416 e. The highest BCUT2D eigenvalue weighted by molar-refractivity contribution is 5.85. The van der Waals surface area contributed by atoms with Crippen LogP contribution < -0.4 is 0 Å². The molecule has 0 saturated carbocycles. The highest BCUT2D eigenvalue weighted by atomic mass is 19.4. The van der Waals surface area contributed by atoms with Gasteiger partial charge in [-0.1, -0.05) is 44.1 Å².